The van der Waals surface area contributed by atoms with Crippen molar-refractivity contribution in [1.82, 2.24) is 5.32 Å². The molecule has 1 aliphatic carbocycles. The standard InChI is InChI=1S/C16H25N3OS/c1-12(18-11-16(21-2)9-3-4-10-16)13-5-7-14(8-6-13)19-15(17)20/h5-8,12,18H,3-4,9-11H2,1-2H3,(H3,17,19,20). The molecule has 4 N–H and O–H groups in total. The zero-order valence-electron chi connectivity index (χ0n) is 12.8. The molecule has 0 heterocycles. The average Bonchev–Trinajstić information content (AvgIpc) is 2.94. The molecule has 2 rings (SSSR count). The Morgan fingerprint density at radius 3 is 2.48 bits per heavy atom. The number of hydrogen-bond acceptors (Lipinski definition) is 3. The van der Waals surface area contributed by atoms with E-state index in [9.17, 15) is 4.79 Å². The van der Waals surface area contributed by atoms with E-state index in [-0.39, 0.29) is 0 Å². The number of nitrogens with two attached hydrogens (primary N) is 1. The highest BCUT2D eigenvalue weighted by atomic mass is 32.2. The molecule has 0 radical (unpaired) electrons. The van der Waals surface area contributed by atoms with E-state index in [1.54, 1.807) is 0 Å². The van der Waals surface area contributed by atoms with Gasteiger partial charge in [0.05, 0.1) is 0 Å². The van der Waals surface area contributed by atoms with Crippen molar-refractivity contribution in [2.24, 2.45) is 5.73 Å². The van der Waals surface area contributed by atoms with Gasteiger partial charge in [-0.25, -0.2) is 4.79 Å². The lowest BCUT2D eigenvalue weighted by Crippen LogP contribution is -2.36. The fraction of sp³-hybridized carbons (Fsp3) is 0.562. The normalized spacial score (nSPS) is 18.4. The van der Waals surface area contributed by atoms with Crippen LogP contribution in [-0.4, -0.2) is 23.6 Å². The summed E-state index contributed by atoms with van der Waals surface area (Å²) >= 11 is 2.00. The van der Waals surface area contributed by atoms with Crippen LogP contribution < -0.4 is 16.4 Å². The summed E-state index contributed by atoms with van der Waals surface area (Å²) < 4.78 is 0.418. The van der Waals surface area contributed by atoms with Gasteiger partial charge in [0.15, 0.2) is 0 Å². The molecule has 1 atom stereocenters. The zero-order chi connectivity index (χ0) is 15.3. The maximum atomic E-state index is 10.8. The Balaban J connectivity index is 1.90. The highest BCUT2D eigenvalue weighted by Gasteiger charge is 2.32. The number of rotatable bonds is 6. The molecule has 1 aromatic rings. The molecule has 1 saturated carbocycles. The summed E-state index contributed by atoms with van der Waals surface area (Å²) in [6.45, 7) is 3.23. The maximum Gasteiger partial charge on any atom is 0.316 e. The average molecular weight is 307 g/mol. The van der Waals surface area contributed by atoms with Crippen molar-refractivity contribution in [3.8, 4) is 0 Å². The van der Waals surface area contributed by atoms with Crippen molar-refractivity contribution in [2.45, 2.75) is 43.4 Å². The predicted octanol–water partition coefficient (Wildman–Crippen LogP) is 3.50. The van der Waals surface area contributed by atoms with Crippen LogP contribution in [0, 0.1) is 0 Å². The second-order valence-corrected chi connectivity index (χ2v) is 7.08. The van der Waals surface area contributed by atoms with Gasteiger partial charge < -0.3 is 16.4 Å². The predicted molar refractivity (Wildman–Crippen MR) is 90.8 cm³/mol. The van der Waals surface area contributed by atoms with E-state index in [1.807, 2.05) is 36.0 Å². The fourth-order valence-electron chi connectivity index (χ4n) is 2.93. The summed E-state index contributed by atoms with van der Waals surface area (Å²) in [5, 5.41) is 6.24. The van der Waals surface area contributed by atoms with Crippen LogP contribution in [-0.2, 0) is 0 Å². The number of nitrogens with one attached hydrogen (secondary N) is 2. The molecule has 0 spiro atoms. The van der Waals surface area contributed by atoms with E-state index in [2.05, 4.69) is 23.8 Å². The molecule has 1 aromatic carbocycles. The van der Waals surface area contributed by atoms with Crippen molar-refractivity contribution in [3.05, 3.63) is 29.8 Å². The van der Waals surface area contributed by atoms with Gasteiger partial charge in [0, 0.05) is 23.0 Å². The number of anilines is 1. The molecule has 1 fully saturated rings. The quantitative estimate of drug-likeness (QED) is 0.753. The van der Waals surface area contributed by atoms with Gasteiger partial charge in [0.2, 0.25) is 0 Å². The van der Waals surface area contributed by atoms with Crippen LogP contribution >= 0.6 is 11.8 Å². The highest BCUT2D eigenvalue weighted by Crippen LogP contribution is 2.39. The van der Waals surface area contributed by atoms with E-state index >= 15 is 0 Å². The lowest BCUT2D eigenvalue weighted by molar-refractivity contribution is 0.259. The molecule has 1 aliphatic rings. The molecule has 1 unspecified atom stereocenters. The second kappa shape index (κ2) is 7.18. The van der Waals surface area contributed by atoms with E-state index in [0.717, 1.165) is 12.2 Å². The molecule has 5 heteroatoms. The molecule has 21 heavy (non-hydrogen) atoms. The van der Waals surface area contributed by atoms with Crippen LogP contribution in [0.2, 0.25) is 0 Å². The Labute approximate surface area is 131 Å². The number of hydrogen-bond donors (Lipinski definition) is 3. The van der Waals surface area contributed by atoms with Crippen LogP contribution in [0.5, 0.6) is 0 Å². The van der Waals surface area contributed by atoms with E-state index < -0.39 is 6.03 Å². The minimum absolute atomic E-state index is 0.303. The van der Waals surface area contributed by atoms with Gasteiger partial charge in [-0.15, -0.1) is 0 Å². The minimum Gasteiger partial charge on any atom is -0.351 e. The third kappa shape index (κ3) is 4.38. The third-order valence-electron chi connectivity index (χ3n) is 4.36. The van der Waals surface area contributed by atoms with Crippen molar-refractivity contribution < 1.29 is 4.79 Å². The van der Waals surface area contributed by atoms with Gasteiger partial charge in [-0.2, -0.15) is 11.8 Å². The molecular weight excluding hydrogens is 282 g/mol. The van der Waals surface area contributed by atoms with Crippen LogP contribution in [0.3, 0.4) is 0 Å². The third-order valence-corrected chi connectivity index (χ3v) is 5.78. The number of urea groups is 1. The number of thioether (sulfide) groups is 1. The van der Waals surface area contributed by atoms with Crippen LogP contribution in [0.15, 0.2) is 24.3 Å². The van der Waals surface area contributed by atoms with Crippen molar-refractivity contribution in [2.75, 3.05) is 18.1 Å². The van der Waals surface area contributed by atoms with E-state index in [1.165, 1.54) is 31.2 Å². The molecule has 0 saturated heterocycles. The summed E-state index contributed by atoms with van der Waals surface area (Å²) in [6.07, 6.45) is 7.56. The first-order valence-corrected chi connectivity index (χ1v) is 8.72. The number of primary amides is 1. The molecule has 116 valence electrons. The van der Waals surface area contributed by atoms with E-state index in [4.69, 9.17) is 5.73 Å². The Bertz CT molecular complexity index is 469. The Morgan fingerprint density at radius 2 is 1.95 bits per heavy atom. The van der Waals surface area contributed by atoms with Crippen molar-refractivity contribution in [1.29, 1.82) is 0 Å². The number of carbonyl (C=O) groups is 1. The van der Waals surface area contributed by atoms with Crippen molar-refractivity contribution in [3.63, 3.8) is 0 Å². The van der Waals surface area contributed by atoms with Gasteiger partial charge in [-0.05, 0) is 43.7 Å². The monoisotopic (exact) mass is 307 g/mol. The number of amides is 2. The molecule has 0 aliphatic heterocycles. The first-order valence-electron chi connectivity index (χ1n) is 7.50. The van der Waals surface area contributed by atoms with Gasteiger partial charge >= 0.3 is 6.03 Å². The summed E-state index contributed by atoms with van der Waals surface area (Å²) in [5.74, 6) is 0. The van der Waals surface area contributed by atoms with Crippen LogP contribution in [0.4, 0.5) is 10.5 Å². The van der Waals surface area contributed by atoms with Crippen LogP contribution in [0.25, 0.3) is 0 Å². The fourth-order valence-corrected chi connectivity index (χ4v) is 3.85. The van der Waals surface area contributed by atoms with E-state index in [0.29, 0.717) is 10.8 Å². The molecule has 4 nitrogen and oxygen atoms in total. The van der Waals surface area contributed by atoms with Gasteiger partial charge in [-0.1, -0.05) is 25.0 Å². The topological polar surface area (TPSA) is 67.2 Å². The molecule has 2 amide bonds. The first-order chi connectivity index (χ1) is 10.0. The summed E-state index contributed by atoms with van der Waals surface area (Å²) in [7, 11) is 0. The number of carbonyl (C=O) groups excluding carboxylic acids is 1. The first kappa shape index (κ1) is 16.2. The lowest BCUT2D eigenvalue weighted by atomic mass is 10.0. The molecule has 0 bridgehead atoms. The van der Waals surface area contributed by atoms with Crippen LogP contribution in [0.1, 0.15) is 44.2 Å². The highest BCUT2D eigenvalue weighted by molar-refractivity contribution is 8.00. The van der Waals surface area contributed by atoms with Crippen molar-refractivity contribution >= 4 is 23.5 Å². The Morgan fingerprint density at radius 1 is 1.33 bits per heavy atom. The second-order valence-electron chi connectivity index (χ2n) is 5.81. The Kier molecular flexibility index (Phi) is 5.53. The summed E-state index contributed by atoms with van der Waals surface area (Å²) in [5.41, 5.74) is 7.06. The lowest BCUT2D eigenvalue weighted by Gasteiger charge is -2.29. The van der Waals surface area contributed by atoms with Gasteiger partial charge in [0.25, 0.3) is 0 Å². The summed E-state index contributed by atoms with van der Waals surface area (Å²) in [6, 6.07) is 7.61. The maximum absolute atomic E-state index is 10.8. The molecule has 0 aromatic heterocycles. The smallest absolute Gasteiger partial charge is 0.316 e. The molecular formula is C16H25N3OS. The Hall–Kier alpha value is -1.20. The zero-order valence-corrected chi connectivity index (χ0v) is 13.6. The SMILES string of the molecule is CSC1(CNC(C)c2ccc(NC(N)=O)cc2)CCCC1. The van der Waals surface area contributed by atoms with Gasteiger partial charge in [-0.3, -0.25) is 0 Å². The summed E-state index contributed by atoms with van der Waals surface area (Å²) in [4.78, 5) is 10.8. The largest absolute Gasteiger partial charge is 0.351 e. The van der Waals surface area contributed by atoms with Gasteiger partial charge in [0.1, 0.15) is 0 Å². The number of benzene rings is 1. The minimum atomic E-state index is -0.530.